The predicted molar refractivity (Wildman–Crippen MR) is 228 cm³/mol. The Bertz CT molecular complexity index is 1090. The van der Waals surface area contributed by atoms with Gasteiger partial charge in [0.05, 0.1) is 0 Å². The molecule has 0 aromatic heterocycles. The van der Waals surface area contributed by atoms with Crippen LogP contribution < -0.4 is 0 Å². The smallest absolute Gasteiger partial charge is 0.306 e. The van der Waals surface area contributed by atoms with Crippen LogP contribution in [-0.2, 0) is 28.6 Å². The molecule has 1 unspecified atom stereocenters. The van der Waals surface area contributed by atoms with Gasteiger partial charge in [-0.15, -0.1) is 0 Å². The van der Waals surface area contributed by atoms with Crippen LogP contribution in [0, 0.1) is 0 Å². The van der Waals surface area contributed by atoms with Gasteiger partial charge in [-0.1, -0.05) is 164 Å². The lowest BCUT2D eigenvalue weighted by atomic mass is 10.1. The Balaban J connectivity index is 4.48. The second kappa shape index (κ2) is 42.3. The standard InChI is InChI=1S/C48H78O6/c1-4-7-10-13-16-19-21-22-23-24-25-26-27-30-32-35-38-41-47(50)53-44-45(43-52-46(49)40-37-34-31-28-18-15-12-9-6-3)54-48(51)42-39-36-33-29-20-17-14-11-8-5-2/h7,9-10,12,16,18-19,22-23,25-26,28,30,32,45H,4-6,8,11,13-15,17,20-21,24,27,29,31,33-44H2,1-3H3/b10-7-,12-9-,19-16-,23-22-,26-25-,28-18-,32-30-. The lowest BCUT2D eigenvalue weighted by Gasteiger charge is -2.18. The molecule has 0 saturated heterocycles. The number of hydrogen-bond acceptors (Lipinski definition) is 6. The minimum atomic E-state index is -0.807. The Labute approximate surface area is 331 Å². The molecular formula is C48H78O6. The molecule has 0 aliphatic carbocycles. The summed E-state index contributed by atoms with van der Waals surface area (Å²) in [6.07, 6.45) is 53.0. The average molecular weight is 751 g/mol. The molecular weight excluding hydrogens is 673 g/mol. The Hall–Kier alpha value is -3.41. The highest BCUT2D eigenvalue weighted by Crippen LogP contribution is 2.13. The van der Waals surface area contributed by atoms with E-state index in [4.69, 9.17) is 14.2 Å². The molecule has 0 aromatic carbocycles. The van der Waals surface area contributed by atoms with Gasteiger partial charge in [0, 0.05) is 19.3 Å². The second-order valence-electron chi connectivity index (χ2n) is 13.8. The molecule has 6 nitrogen and oxygen atoms in total. The van der Waals surface area contributed by atoms with Crippen LogP contribution in [0.25, 0.3) is 0 Å². The van der Waals surface area contributed by atoms with E-state index in [1.165, 1.54) is 44.9 Å². The fourth-order valence-electron chi connectivity index (χ4n) is 5.45. The Kier molecular flexibility index (Phi) is 39.7. The van der Waals surface area contributed by atoms with Crippen molar-refractivity contribution in [1.29, 1.82) is 0 Å². The molecule has 0 radical (unpaired) electrons. The molecule has 54 heavy (non-hydrogen) atoms. The van der Waals surface area contributed by atoms with E-state index in [1.54, 1.807) is 0 Å². The third-order valence-electron chi connectivity index (χ3n) is 8.65. The molecule has 0 aliphatic rings. The third-order valence-corrected chi connectivity index (χ3v) is 8.65. The maximum absolute atomic E-state index is 12.6. The average Bonchev–Trinajstić information content (AvgIpc) is 3.17. The molecule has 0 rings (SSSR count). The second-order valence-corrected chi connectivity index (χ2v) is 13.8. The summed E-state index contributed by atoms with van der Waals surface area (Å²) in [6.45, 7) is 6.27. The molecule has 0 amide bonds. The molecule has 0 heterocycles. The minimum absolute atomic E-state index is 0.112. The zero-order valence-electron chi connectivity index (χ0n) is 34.7. The van der Waals surface area contributed by atoms with Gasteiger partial charge in [0.15, 0.2) is 6.10 Å². The van der Waals surface area contributed by atoms with Crippen LogP contribution in [0.1, 0.15) is 181 Å². The van der Waals surface area contributed by atoms with Crippen LogP contribution in [-0.4, -0.2) is 37.2 Å². The van der Waals surface area contributed by atoms with Crippen molar-refractivity contribution in [3.8, 4) is 0 Å². The fraction of sp³-hybridized carbons (Fsp3) is 0.646. The highest BCUT2D eigenvalue weighted by Gasteiger charge is 2.19. The summed E-state index contributed by atoms with van der Waals surface area (Å²) in [6, 6.07) is 0. The molecule has 0 aromatic rings. The number of esters is 3. The van der Waals surface area contributed by atoms with E-state index >= 15 is 0 Å². The summed E-state index contributed by atoms with van der Waals surface area (Å²) < 4.78 is 16.6. The van der Waals surface area contributed by atoms with Crippen molar-refractivity contribution in [3.63, 3.8) is 0 Å². The van der Waals surface area contributed by atoms with E-state index in [0.29, 0.717) is 19.3 Å². The summed E-state index contributed by atoms with van der Waals surface area (Å²) in [5.41, 5.74) is 0. The lowest BCUT2D eigenvalue weighted by molar-refractivity contribution is -0.167. The summed E-state index contributed by atoms with van der Waals surface area (Å²) in [5.74, 6) is -1.02. The monoisotopic (exact) mass is 751 g/mol. The van der Waals surface area contributed by atoms with E-state index < -0.39 is 6.10 Å². The first-order valence-corrected chi connectivity index (χ1v) is 21.6. The van der Waals surface area contributed by atoms with Gasteiger partial charge in [0.2, 0.25) is 0 Å². The van der Waals surface area contributed by atoms with Crippen LogP contribution in [0.2, 0.25) is 0 Å². The summed E-state index contributed by atoms with van der Waals surface area (Å²) in [5, 5.41) is 0. The Morgan fingerprint density at radius 3 is 1.20 bits per heavy atom. The predicted octanol–water partition coefficient (Wildman–Crippen LogP) is 13.7. The van der Waals surface area contributed by atoms with Crippen LogP contribution in [0.15, 0.2) is 85.1 Å². The molecule has 0 bridgehead atoms. The SMILES string of the molecule is CC/C=C\C/C=C\C/C=C\C/C=C\C/C=C\CCCC(=O)OCC(COC(=O)CCCC/C=C\C/C=C\CC)OC(=O)CCCCCCCCCCCC. The van der Waals surface area contributed by atoms with E-state index in [0.717, 1.165) is 89.9 Å². The van der Waals surface area contributed by atoms with Crippen molar-refractivity contribution in [2.24, 2.45) is 0 Å². The van der Waals surface area contributed by atoms with Gasteiger partial charge in [-0.05, 0) is 83.5 Å². The van der Waals surface area contributed by atoms with Crippen molar-refractivity contribution in [1.82, 2.24) is 0 Å². The van der Waals surface area contributed by atoms with E-state index in [-0.39, 0.29) is 37.5 Å². The summed E-state index contributed by atoms with van der Waals surface area (Å²) in [7, 11) is 0. The number of unbranched alkanes of at least 4 members (excludes halogenated alkanes) is 12. The van der Waals surface area contributed by atoms with Crippen molar-refractivity contribution >= 4 is 17.9 Å². The molecule has 0 saturated carbocycles. The molecule has 0 N–H and O–H groups in total. The van der Waals surface area contributed by atoms with Crippen molar-refractivity contribution in [2.75, 3.05) is 13.2 Å². The summed E-state index contributed by atoms with van der Waals surface area (Å²) in [4.78, 5) is 37.5. The lowest BCUT2D eigenvalue weighted by Crippen LogP contribution is -2.30. The van der Waals surface area contributed by atoms with E-state index in [1.807, 2.05) is 0 Å². The van der Waals surface area contributed by atoms with Gasteiger partial charge in [-0.25, -0.2) is 0 Å². The Morgan fingerprint density at radius 1 is 0.389 bits per heavy atom. The highest BCUT2D eigenvalue weighted by molar-refractivity contribution is 5.71. The van der Waals surface area contributed by atoms with Crippen LogP contribution in [0.3, 0.4) is 0 Å². The zero-order chi connectivity index (χ0) is 39.4. The highest BCUT2D eigenvalue weighted by atomic mass is 16.6. The van der Waals surface area contributed by atoms with Crippen molar-refractivity contribution < 1.29 is 28.6 Å². The van der Waals surface area contributed by atoms with E-state index in [2.05, 4.69) is 106 Å². The molecule has 0 spiro atoms. The van der Waals surface area contributed by atoms with Crippen LogP contribution in [0.4, 0.5) is 0 Å². The maximum atomic E-state index is 12.6. The normalized spacial score (nSPS) is 12.9. The first kappa shape index (κ1) is 50.6. The number of hydrogen-bond donors (Lipinski definition) is 0. The number of allylic oxidation sites excluding steroid dienone is 14. The topological polar surface area (TPSA) is 78.9 Å². The van der Waals surface area contributed by atoms with Gasteiger partial charge >= 0.3 is 17.9 Å². The minimum Gasteiger partial charge on any atom is -0.462 e. The number of ether oxygens (including phenoxy) is 3. The quantitative estimate of drug-likeness (QED) is 0.0272. The largest absolute Gasteiger partial charge is 0.462 e. The van der Waals surface area contributed by atoms with Crippen LogP contribution in [0.5, 0.6) is 0 Å². The first-order chi connectivity index (χ1) is 26.5. The Morgan fingerprint density at radius 2 is 0.741 bits per heavy atom. The number of carbonyl (C=O) groups is 3. The van der Waals surface area contributed by atoms with Gasteiger partial charge < -0.3 is 14.2 Å². The van der Waals surface area contributed by atoms with E-state index in [9.17, 15) is 14.4 Å². The zero-order valence-corrected chi connectivity index (χ0v) is 34.7. The maximum Gasteiger partial charge on any atom is 0.306 e. The molecule has 6 heteroatoms. The van der Waals surface area contributed by atoms with Gasteiger partial charge in [-0.2, -0.15) is 0 Å². The first-order valence-electron chi connectivity index (χ1n) is 21.6. The van der Waals surface area contributed by atoms with Crippen molar-refractivity contribution in [2.45, 2.75) is 187 Å². The molecule has 0 aliphatic heterocycles. The van der Waals surface area contributed by atoms with Gasteiger partial charge in [0.25, 0.3) is 0 Å². The fourth-order valence-corrected chi connectivity index (χ4v) is 5.45. The molecule has 1 atom stereocenters. The molecule has 0 fully saturated rings. The van der Waals surface area contributed by atoms with Gasteiger partial charge in [-0.3, -0.25) is 14.4 Å². The van der Waals surface area contributed by atoms with Gasteiger partial charge in [0.1, 0.15) is 13.2 Å². The molecule has 306 valence electrons. The number of carbonyl (C=O) groups excluding carboxylic acids is 3. The number of rotatable bonds is 37. The summed E-state index contributed by atoms with van der Waals surface area (Å²) >= 11 is 0. The van der Waals surface area contributed by atoms with Crippen LogP contribution >= 0.6 is 0 Å². The van der Waals surface area contributed by atoms with Crippen molar-refractivity contribution in [3.05, 3.63) is 85.1 Å². The third kappa shape index (κ3) is 39.8.